The molecule has 0 spiro atoms. The Morgan fingerprint density at radius 1 is 1.39 bits per heavy atom. The molecule has 1 unspecified atom stereocenters. The maximum atomic E-state index is 11.5. The summed E-state index contributed by atoms with van der Waals surface area (Å²) in [4.78, 5) is 15.8. The summed E-state index contributed by atoms with van der Waals surface area (Å²) in [5.41, 5.74) is 3.93. The van der Waals surface area contributed by atoms with Gasteiger partial charge in [0.1, 0.15) is 0 Å². The number of aryl methyl sites for hydroxylation is 1. The van der Waals surface area contributed by atoms with Crippen molar-refractivity contribution >= 4 is 6.03 Å². The van der Waals surface area contributed by atoms with E-state index in [0.29, 0.717) is 6.54 Å². The van der Waals surface area contributed by atoms with E-state index < -0.39 is 0 Å². The predicted octanol–water partition coefficient (Wildman–Crippen LogP) is 2.87. The standard InChI is InChI=1S/C18H24N4O/c1-18(2)9-8-13-6-4-5-7-15(13)16(18)22-12-20-10-14(22)11-21-17(23)19-3/h4-7,10,12,16H,8-9,11H2,1-3H3,(H2,19,21,23). The second kappa shape index (κ2) is 6.07. The molecule has 23 heavy (non-hydrogen) atoms. The lowest BCUT2D eigenvalue weighted by atomic mass is 9.70. The van der Waals surface area contributed by atoms with E-state index in [1.54, 1.807) is 7.05 Å². The molecule has 0 saturated carbocycles. The van der Waals surface area contributed by atoms with Crippen molar-refractivity contribution in [3.05, 3.63) is 53.6 Å². The van der Waals surface area contributed by atoms with E-state index in [0.717, 1.165) is 18.5 Å². The number of amides is 2. The molecule has 0 aliphatic heterocycles. The number of nitrogens with one attached hydrogen (secondary N) is 2. The van der Waals surface area contributed by atoms with E-state index in [9.17, 15) is 4.79 Å². The van der Waals surface area contributed by atoms with Crippen LogP contribution in [-0.2, 0) is 13.0 Å². The van der Waals surface area contributed by atoms with Crippen LogP contribution in [0.25, 0.3) is 0 Å². The summed E-state index contributed by atoms with van der Waals surface area (Å²) in [5.74, 6) is 0. The number of fused-ring (bicyclic) bond motifs is 1. The van der Waals surface area contributed by atoms with E-state index in [-0.39, 0.29) is 17.5 Å². The highest BCUT2D eigenvalue weighted by atomic mass is 16.2. The van der Waals surface area contributed by atoms with Crippen LogP contribution >= 0.6 is 0 Å². The van der Waals surface area contributed by atoms with Crippen LogP contribution in [0.1, 0.15) is 43.1 Å². The summed E-state index contributed by atoms with van der Waals surface area (Å²) in [6.45, 7) is 5.08. The highest BCUT2D eigenvalue weighted by Crippen LogP contribution is 2.46. The number of carbonyl (C=O) groups excluding carboxylic acids is 1. The zero-order valence-electron chi connectivity index (χ0n) is 14.0. The van der Waals surface area contributed by atoms with Crippen molar-refractivity contribution in [1.82, 2.24) is 20.2 Å². The molecular formula is C18H24N4O. The number of benzene rings is 1. The number of urea groups is 1. The average Bonchev–Trinajstić information content (AvgIpc) is 2.99. The first kappa shape index (κ1) is 15.6. The summed E-state index contributed by atoms with van der Waals surface area (Å²) in [6, 6.07) is 8.70. The van der Waals surface area contributed by atoms with Crippen LogP contribution in [0.15, 0.2) is 36.8 Å². The van der Waals surface area contributed by atoms with Gasteiger partial charge in [-0.05, 0) is 29.4 Å². The fourth-order valence-electron chi connectivity index (χ4n) is 3.53. The smallest absolute Gasteiger partial charge is 0.314 e. The first-order chi connectivity index (χ1) is 11.0. The largest absolute Gasteiger partial charge is 0.341 e. The summed E-state index contributed by atoms with van der Waals surface area (Å²) < 4.78 is 2.22. The molecule has 1 aromatic carbocycles. The first-order valence-corrected chi connectivity index (χ1v) is 8.07. The Morgan fingerprint density at radius 2 is 2.17 bits per heavy atom. The molecule has 2 N–H and O–H groups in total. The zero-order valence-corrected chi connectivity index (χ0v) is 14.0. The fourth-order valence-corrected chi connectivity index (χ4v) is 3.53. The molecule has 5 heteroatoms. The van der Waals surface area contributed by atoms with Crippen molar-refractivity contribution in [1.29, 1.82) is 0 Å². The highest BCUT2D eigenvalue weighted by molar-refractivity contribution is 5.73. The molecule has 0 bridgehead atoms. The van der Waals surface area contributed by atoms with Gasteiger partial charge >= 0.3 is 6.03 Å². The number of rotatable bonds is 3. The summed E-state index contributed by atoms with van der Waals surface area (Å²) in [5, 5.41) is 5.43. The molecule has 5 nitrogen and oxygen atoms in total. The molecular weight excluding hydrogens is 288 g/mol. The van der Waals surface area contributed by atoms with Crippen LogP contribution in [0.3, 0.4) is 0 Å². The number of carbonyl (C=O) groups is 1. The van der Waals surface area contributed by atoms with Gasteiger partial charge < -0.3 is 15.2 Å². The Kier molecular flexibility index (Phi) is 4.11. The van der Waals surface area contributed by atoms with E-state index in [4.69, 9.17) is 0 Å². The number of hydrogen-bond donors (Lipinski definition) is 2. The quantitative estimate of drug-likeness (QED) is 0.915. The lowest BCUT2D eigenvalue weighted by molar-refractivity contribution is 0.212. The minimum Gasteiger partial charge on any atom is -0.341 e. The van der Waals surface area contributed by atoms with Gasteiger partial charge in [-0.25, -0.2) is 9.78 Å². The molecule has 0 saturated heterocycles. The second-order valence-corrected chi connectivity index (χ2v) is 6.81. The van der Waals surface area contributed by atoms with Gasteiger partial charge in [0, 0.05) is 13.2 Å². The minimum absolute atomic E-state index is 0.136. The van der Waals surface area contributed by atoms with Crippen molar-refractivity contribution in [3.63, 3.8) is 0 Å². The van der Waals surface area contributed by atoms with Gasteiger partial charge in [0.15, 0.2) is 0 Å². The highest BCUT2D eigenvalue weighted by Gasteiger charge is 2.37. The van der Waals surface area contributed by atoms with Crippen molar-refractivity contribution in [2.45, 2.75) is 39.3 Å². The molecule has 0 radical (unpaired) electrons. The monoisotopic (exact) mass is 312 g/mol. The van der Waals surface area contributed by atoms with Crippen LogP contribution in [0.5, 0.6) is 0 Å². The van der Waals surface area contributed by atoms with Gasteiger partial charge in [0.2, 0.25) is 0 Å². The fraction of sp³-hybridized carbons (Fsp3) is 0.444. The van der Waals surface area contributed by atoms with Crippen molar-refractivity contribution < 1.29 is 4.79 Å². The number of hydrogen-bond acceptors (Lipinski definition) is 2. The number of imidazole rings is 1. The molecule has 0 fully saturated rings. The van der Waals surface area contributed by atoms with Gasteiger partial charge in [-0.2, -0.15) is 0 Å². The van der Waals surface area contributed by atoms with E-state index in [1.807, 2.05) is 12.5 Å². The van der Waals surface area contributed by atoms with Gasteiger partial charge in [-0.1, -0.05) is 38.1 Å². The second-order valence-electron chi connectivity index (χ2n) is 6.81. The molecule has 2 amide bonds. The Hall–Kier alpha value is -2.30. The zero-order chi connectivity index (χ0) is 16.4. The van der Waals surface area contributed by atoms with Gasteiger partial charge in [-0.3, -0.25) is 0 Å². The van der Waals surface area contributed by atoms with Crippen molar-refractivity contribution in [2.75, 3.05) is 7.05 Å². The van der Waals surface area contributed by atoms with Crippen LogP contribution in [0.4, 0.5) is 4.79 Å². The van der Waals surface area contributed by atoms with E-state index in [2.05, 4.69) is 58.3 Å². The maximum Gasteiger partial charge on any atom is 0.314 e. The van der Waals surface area contributed by atoms with E-state index >= 15 is 0 Å². The lowest BCUT2D eigenvalue weighted by Crippen LogP contribution is -2.36. The van der Waals surface area contributed by atoms with Gasteiger partial charge in [-0.15, -0.1) is 0 Å². The topological polar surface area (TPSA) is 59.0 Å². The molecule has 1 heterocycles. The molecule has 2 aromatic rings. The molecule has 1 aromatic heterocycles. The first-order valence-electron chi connectivity index (χ1n) is 8.07. The predicted molar refractivity (Wildman–Crippen MR) is 90.2 cm³/mol. The average molecular weight is 312 g/mol. The third kappa shape index (κ3) is 2.96. The Morgan fingerprint density at radius 3 is 2.96 bits per heavy atom. The number of aromatic nitrogens is 2. The maximum absolute atomic E-state index is 11.5. The Bertz CT molecular complexity index is 705. The number of nitrogens with zero attached hydrogens (tertiary/aromatic N) is 2. The van der Waals surface area contributed by atoms with Gasteiger partial charge in [0.05, 0.1) is 24.6 Å². The summed E-state index contributed by atoms with van der Waals surface area (Å²) >= 11 is 0. The molecule has 1 atom stereocenters. The lowest BCUT2D eigenvalue weighted by Gasteiger charge is -2.41. The van der Waals surface area contributed by atoms with Crippen molar-refractivity contribution in [3.8, 4) is 0 Å². The molecule has 1 aliphatic rings. The molecule has 122 valence electrons. The van der Waals surface area contributed by atoms with Crippen LogP contribution in [0.2, 0.25) is 0 Å². The molecule has 3 rings (SSSR count). The van der Waals surface area contributed by atoms with E-state index in [1.165, 1.54) is 11.1 Å². The van der Waals surface area contributed by atoms with Crippen LogP contribution in [0, 0.1) is 5.41 Å². The Balaban J connectivity index is 1.97. The minimum atomic E-state index is -0.180. The third-order valence-electron chi connectivity index (χ3n) is 4.81. The molecule has 1 aliphatic carbocycles. The summed E-state index contributed by atoms with van der Waals surface area (Å²) in [7, 11) is 1.62. The third-order valence-corrected chi connectivity index (χ3v) is 4.81. The van der Waals surface area contributed by atoms with Gasteiger partial charge in [0.25, 0.3) is 0 Å². The SMILES string of the molecule is CNC(=O)NCc1cncn1C1c2ccccc2CCC1(C)C. The summed E-state index contributed by atoms with van der Waals surface area (Å²) in [6.07, 6.45) is 5.97. The Labute approximate surface area is 137 Å². The van der Waals surface area contributed by atoms with Crippen molar-refractivity contribution in [2.24, 2.45) is 5.41 Å². The van der Waals surface area contributed by atoms with Crippen LogP contribution in [-0.4, -0.2) is 22.6 Å². The van der Waals surface area contributed by atoms with Crippen LogP contribution < -0.4 is 10.6 Å². The normalized spacial score (nSPS) is 19.0.